The molecule has 0 unspecified atom stereocenters. The van der Waals surface area contributed by atoms with Gasteiger partial charge in [0.05, 0.1) is 25.1 Å². The molecule has 0 bridgehead atoms. The number of hydrazone groups is 1. The Balaban J connectivity index is 1.47. The fraction of sp³-hybridized carbons (Fsp3) is 0.103. The molecular weight excluding hydrogens is 422 g/mol. The molecule has 0 aromatic heterocycles. The first kappa shape index (κ1) is 21.5. The molecule has 34 heavy (non-hydrogen) atoms. The van der Waals surface area contributed by atoms with Crippen molar-refractivity contribution in [3.05, 3.63) is 114 Å². The first-order valence-corrected chi connectivity index (χ1v) is 11.2. The molecule has 168 valence electrons. The Morgan fingerprint density at radius 3 is 1.94 bits per heavy atom. The largest absolute Gasteiger partial charge is 0.497 e. The third-order valence-corrected chi connectivity index (χ3v) is 5.69. The second-order valence-electron chi connectivity index (χ2n) is 7.81. The average Bonchev–Trinajstić information content (AvgIpc) is 3.09. The highest BCUT2D eigenvalue weighted by atomic mass is 16.5. The van der Waals surface area contributed by atoms with E-state index in [9.17, 15) is 0 Å². The smallest absolute Gasteiger partial charge is 0.154 e. The van der Waals surface area contributed by atoms with Gasteiger partial charge in [-0.3, -0.25) is 5.43 Å². The number of ether oxygens (including phenoxy) is 2. The number of nitrogens with zero attached hydrogens (tertiary/aromatic N) is 2. The van der Waals surface area contributed by atoms with Gasteiger partial charge in [0.1, 0.15) is 11.5 Å². The van der Waals surface area contributed by atoms with Gasteiger partial charge in [0.2, 0.25) is 0 Å². The van der Waals surface area contributed by atoms with Gasteiger partial charge in [-0.25, -0.2) is 4.99 Å². The Kier molecular flexibility index (Phi) is 6.08. The van der Waals surface area contributed by atoms with Crippen LogP contribution in [0, 0.1) is 0 Å². The van der Waals surface area contributed by atoms with Crippen LogP contribution in [-0.2, 0) is 0 Å². The van der Waals surface area contributed by atoms with Gasteiger partial charge in [-0.15, -0.1) is 0 Å². The summed E-state index contributed by atoms with van der Waals surface area (Å²) in [6, 6.07) is 32.4. The summed E-state index contributed by atoms with van der Waals surface area (Å²) in [5.74, 6) is 2.38. The molecule has 1 aliphatic heterocycles. The van der Waals surface area contributed by atoms with Crippen LogP contribution in [0.1, 0.15) is 23.6 Å². The van der Waals surface area contributed by atoms with E-state index in [2.05, 4.69) is 47.9 Å². The summed E-state index contributed by atoms with van der Waals surface area (Å²) in [6.45, 7) is 2.61. The lowest BCUT2D eigenvalue weighted by molar-refractivity contribution is 0.340. The van der Waals surface area contributed by atoms with Gasteiger partial charge >= 0.3 is 0 Å². The minimum Gasteiger partial charge on any atom is -0.497 e. The second kappa shape index (κ2) is 9.63. The number of amidine groups is 1. The van der Waals surface area contributed by atoms with Crippen LogP contribution in [-0.4, -0.2) is 25.3 Å². The van der Waals surface area contributed by atoms with Crippen molar-refractivity contribution in [2.24, 2.45) is 10.1 Å². The molecule has 1 aliphatic rings. The molecule has 0 spiro atoms. The second-order valence-corrected chi connectivity index (χ2v) is 7.81. The molecule has 5 rings (SSSR count). The van der Waals surface area contributed by atoms with E-state index in [4.69, 9.17) is 19.6 Å². The minimum atomic E-state index is 0.636. The number of hydrogen-bond acceptors (Lipinski definition) is 5. The van der Waals surface area contributed by atoms with Crippen LogP contribution in [0.15, 0.2) is 107 Å². The summed E-state index contributed by atoms with van der Waals surface area (Å²) in [5.41, 5.74) is 10.1. The zero-order chi connectivity index (χ0) is 23.3. The summed E-state index contributed by atoms with van der Waals surface area (Å²) in [5, 5.41) is 4.76. The number of aliphatic imine (C=N–C) groups is 1. The van der Waals surface area contributed by atoms with Crippen molar-refractivity contribution < 1.29 is 9.47 Å². The number of para-hydroxylation sites is 1. The summed E-state index contributed by atoms with van der Waals surface area (Å²) in [7, 11) is 1.67. The molecule has 1 N–H and O–H groups in total. The van der Waals surface area contributed by atoms with Crippen molar-refractivity contribution in [3.8, 4) is 22.6 Å². The fourth-order valence-electron chi connectivity index (χ4n) is 3.91. The van der Waals surface area contributed by atoms with E-state index in [1.807, 2.05) is 61.5 Å². The van der Waals surface area contributed by atoms with Crippen LogP contribution in [0.3, 0.4) is 0 Å². The van der Waals surface area contributed by atoms with Crippen LogP contribution < -0.4 is 14.9 Å². The maximum atomic E-state index is 5.56. The molecule has 4 aromatic rings. The molecule has 5 nitrogen and oxygen atoms in total. The Bertz CT molecular complexity index is 1340. The Labute approximate surface area is 199 Å². The topological polar surface area (TPSA) is 55.2 Å². The van der Waals surface area contributed by atoms with Gasteiger partial charge in [0.15, 0.2) is 5.84 Å². The number of methoxy groups -OCH3 is 1. The highest BCUT2D eigenvalue weighted by Gasteiger charge is 2.17. The summed E-state index contributed by atoms with van der Waals surface area (Å²) < 4.78 is 10.8. The zero-order valence-corrected chi connectivity index (χ0v) is 19.2. The summed E-state index contributed by atoms with van der Waals surface area (Å²) in [4.78, 5) is 4.88. The molecule has 0 amide bonds. The number of hydrogen-bond donors (Lipinski definition) is 1. The Hall–Kier alpha value is -4.38. The number of rotatable bonds is 6. The van der Waals surface area contributed by atoms with Gasteiger partial charge in [0.25, 0.3) is 0 Å². The van der Waals surface area contributed by atoms with E-state index in [-0.39, 0.29) is 0 Å². The van der Waals surface area contributed by atoms with E-state index < -0.39 is 0 Å². The van der Waals surface area contributed by atoms with Crippen molar-refractivity contribution in [2.45, 2.75) is 6.92 Å². The number of fused-ring (bicyclic) bond motifs is 1. The Morgan fingerprint density at radius 2 is 1.26 bits per heavy atom. The van der Waals surface area contributed by atoms with Gasteiger partial charge in [-0.05, 0) is 60.5 Å². The van der Waals surface area contributed by atoms with E-state index >= 15 is 0 Å². The highest BCUT2D eigenvalue weighted by Crippen LogP contribution is 2.28. The average molecular weight is 448 g/mol. The maximum Gasteiger partial charge on any atom is 0.154 e. The lowest BCUT2D eigenvalue weighted by atomic mass is 9.98. The van der Waals surface area contributed by atoms with Crippen molar-refractivity contribution in [1.82, 2.24) is 5.43 Å². The van der Waals surface area contributed by atoms with Crippen molar-refractivity contribution in [2.75, 3.05) is 13.7 Å². The molecule has 0 radical (unpaired) electrons. The molecular formula is C29H25N3O2. The molecule has 1 heterocycles. The standard InChI is InChI=1S/C29H25N3O2/c1-3-34-25-18-14-23(15-19-25)29-30-27-7-5-4-6-26(27)28(31-32-29)22-10-8-20(9-11-22)21-12-16-24(33-2)17-13-21/h4-19H,3H2,1-2H3,(H,30,32). The minimum absolute atomic E-state index is 0.636. The molecule has 5 heteroatoms. The molecule has 0 aliphatic carbocycles. The first-order chi connectivity index (χ1) is 16.7. The summed E-state index contributed by atoms with van der Waals surface area (Å²) in [6.07, 6.45) is 0. The third kappa shape index (κ3) is 4.41. The van der Waals surface area contributed by atoms with Crippen LogP contribution in [0.2, 0.25) is 0 Å². The lowest BCUT2D eigenvalue weighted by Crippen LogP contribution is -2.19. The predicted molar refractivity (Wildman–Crippen MR) is 137 cm³/mol. The van der Waals surface area contributed by atoms with Gasteiger partial charge < -0.3 is 9.47 Å². The monoisotopic (exact) mass is 447 g/mol. The molecule has 0 saturated carbocycles. The normalized spacial score (nSPS) is 12.5. The third-order valence-electron chi connectivity index (χ3n) is 5.69. The predicted octanol–water partition coefficient (Wildman–Crippen LogP) is 6.19. The van der Waals surface area contributed by atoms with E-state index in [0.29, 0.717) is 12.4 Å². The van der Waals surface area contributed by atoms with Gasteiger partial charge in [0, 0.05) is 16.7 Å². The molecule has 0 saturated heterocycles. The maximum absolute atomic E-state index is 5.56. The van der Waals surface area contributed by atoms with Gasteiger partial charge in [-0.2, -0.15) is 5.10 Å². The number of benzene rings is 4. The zero-order valence-electron chi connectivity index (χ0n) is 19.2. The van der Waals surface area contributed by atoms with Crippen LogP contribution >= 0.6 is 0 Å². The van der Waals surface area contributed by atoms with Crippen LogP contribution in [0.25, 0.3) is 11.1 Å². The van der Waals surface area contributed by atoms with Crippen LogP contribution in [0.4, 0.5) is 5.69 Å². The highest BCUT2D eigenvalue weighted by molar-refractivity contribution is 6.18. The number of nitrogens with one attached hydrogen (secondary N) is 1. The van der Waals surface area contributed by atoms with E-state index in [1.165, 1.54) is 0 Å². The summed E-state index contributed by atoms with van der Waals surface area (Å²) >= 11 is 0. The SMILES string of the molecule is CCOc1ccc(C2=Nc3ccccc3C(c3ccc(-c4ccc(OC)cc4)cc3)=NN2)cc1. The van der Waals surface area contributed by atoms with E-state index in [1.54, 1.807) is 7.11 Å². The Morgan fingerprint density at radius 1 is 0.676 bits per heavy atom. The molecule has 4 aromatic carbocycles. The lowest BCUT2D eigenvalue weighted by Gasteiger charge is -2.09. The van der Waals surface area contributed by atoms with Crippen LogP contribution in [0.5, 0.6) is 11.5 Å². The molecule has 0 fully saturated rings. The van der Waals surface area contributed by atoms with Crippen molar-refractivity contribution in [1.29, 1.82) is 0 Å². The van der Waals surface area contributed by atoms with Crippen molar-refractivity contribution in [3.63, 3.8) is 0 Å². The first-order valence-electron chi connectivity index (χ1n) is 11.2. The van der Waals surface area contributed by atoms with Gasteiger partial charge in [-0.1, -0.05) is 54.6 Å². The van der Waals surface area contributed by atoms with Crippen molar-refractivity contribution >= 4 is 17.2 Å². The van der Waals surface area contributed by atoms with E-state index in [0.717, 1.165) is 50.7 Å². The quantitative estimate of drug-likeness (QED) is 0.383. The fourth-order valence-corrected chi connectivity index (χ4v) is 3.91. The molecule has 0 atom stereocenters.